The predicted molar refractivity (Wildman–Crippen MR) is 85.7 cm³/mol. The summed E-state index contributed by atoms with van der Waals surface area (Å²) >= 11 is 8.00. The zero-order valence-electron chi connectivity index (χ0n) is 12.1. The van der Waals surface area contributed by atoms with Gasteiger partial charge in [-0.1, -0.05) is 31.9 Å². The minimum absolute atomic E-state index is 0.0883. The normalized spacial score (nSPS) is 19.1. The number of rotatable bonds is 4. The molecule has 1 unspecified atom stereocenters. The molecule has 0 aliphatic carbocycles. The van der Waals surface area contributed by atoms with E-state index < -0.39 is 0 Å². The molecule has 0 N–H and O–H groups in total. The highest BCUT2D eigenvalue weighted by Crippen LogP contribution is 2.23. The van der Waals surface area contributed by atoms with Gasteiger partial charge in [-0.2, -0.15) is 11.8 Å². The molecule has 1 amide bonds. The summed E-state index contributed by atoms with van der Waals surface area (Å²) in [6.07, 6.45) is 2.96. The van der Waals surface area contributed by atoms with Gasteiger partial charge in [0.25, 0.3) is 5.91 Å². The van der Waals surface area contributed by atoms with Crippen molar-refractivity contribution in [3.8, 4) is 0 Å². The Bertz CT molecular complexity index is 481. The van der Waals surface area contributed by atoms with E-state index >= 15 is 0 Å². The maximum absolute atomic E-state index is 12.6. The zero-order valence-corrected chi connectivity index (χ0v) is 13.6. The van der Waals surface area contributed by atoms with E-state index in [0.717, 1.165) is 43.8 Å². The van der Waals surface area contributed by atoms with E-state index in [1.807, 2.05) is 22.7 Å². The van der Waals surface area contributed by atoms with Crippen LogP contribution in [0.25, 0.3) is 0 Å². The topological polar surface area (TPSA) is 33.2 Å². The summed E-state index contributed by atoms with van der Waals surface area (Å²) in [7, 11) is 0. The molecular formula is C15H21ClN2OS. The molecule has 1 aliphatic rings. The third-order valence-corrected chi connectivity index (χ3v) is 5.05. The minimum atomic E-state index is 0.0883. The zero-order chi connectivity index (χ0) is 14.5. The summed E-state index contributed by atoms with van der Waals surface area (Å²) < 4.78 is 0. The smallest absolute Gasteiger partial charge is 0.254 e. The van der Waals surface area contributed by atoms with Gasteiger partial charge in [-0.25, -0.2) is 4.98 Å². The Balaban J connectivity index is 2.15. The Morgan fingerprint density at radius 1 is 1.50 bits per heavy atom. The largest absolute Gasteiger partial charge is 0.337 e. The van der Waals surface area contributed by atoms with Gasteiger partial charge in [-0.3, -0.25) is 4.79 Å². The van der Waals surface area contributed by atoms with Gasteiger partial charge < -0.3 is 4.90 Å². The molecule has 1 aliphatic heterocycles. The fourth-order valence-corrected chi connectivity index (χ4v) is 3.80. The molecule has 1 atom stereocenters. The molecule has 3 nitrogen and oxygen atoms in total. The molecule has 0 radical (unpaired) electrons. The first-order valence-corrected chi connectivity index (χ1v) is 8.64. The lowest BCUT2D eigenvalue weighted by Gasteiger charge is -2.32. The summed E-state index contributed by atoms with van der Waals surface area (Å²) in [5, 5.41) is 0.970. The number of pyridine rings is 1. The van der Waals surface area contributed by atoms with Gasteiger partial charge in [0.15, 0.2) is 0 Å². The molecule has 1 aromatic heterocycles. The van der Waals surface area contributed by atoms with Crippen molar-refractivity contribution < 1.29 is 4.79 Å². The number of hydrogen-bond donors (Lipinski definition) is 0. The van der Waals surface area contributed by atoms with Gasteiger partial charge in [0.2, 0.25) is 0 Å². The van der Waals surface area contributed by atoms with Gasteiger partial charge >= 0.3 is 0 Å². The minimum Gasteiger partial charge on any atom is -0.337 e. The number of carbonyl (C=O) groups is 1. The quantitative estimate of drug-likeness (QED) is 0.796. The molecule has 5 heteroatoms. The van der Waals surface area contributed by atoms with Crippen molar-refractivity contribution in [2.45, 2.75) is 38.4 Å². The van der Waals surface area contributed by atoms with Crippen LogP contribution < -0.4 is 0 Å². The molecular weight excluding hydrogens is 292 g/mol. The molecule has 1 fully saturated rings. The molecule has 2 heterocycles. The predicted octanol–water partition coefficient (Wildman–Crippen LogP) is 3.66. The highest BCUT2D eigenvalue weighted by atomic mass is 35.5. The van der Waals surface area contributed by atoms with Crippen molar-refractivity contribution >= 4 is 29.3 Å². The highest BCUT2D eigenvalue weighted by Gasteiger charge is 2.24. The van der Waals surface area contributed by atoms with Crippen molar-refractivity contribution in [3.63, 3.8) is 0 Å². The van der Waals surface area contributed by atoms with Crippen molar-refractivity contribution in [2.75, 3.05) is 18.8 Å². The van der Waals surface area contributed by atoms with Gasteiger partial charge in [-0.05, 0) is 25.0 Å². The molecule has 0 spiro atoms. The van der Waals surface area contributed by atoms with Crippen molar-refractivity contribution in [1.29, 1.82) is 0 Å². The van der Waals surface area contributed by atoms with Gasteiger partial charge in [0.05, 0.1) is 0 Å². The average Bonchev–Trinajstić information content (AvgIpc) is 2.46. The number of nitrogens with zero attached hydrogens (tertiary/aromatic N) is 2. The number of carbonyl (C=O) groups excluding carboxylic acids is 1. The third kappa shape index (κ3) is 3.89. The summed E-state index contributed by atoms with van der Waals surface area (Å²) in [4.78, 5) is 18.8. The molecule has 1 aromatic rings. The molecule has 110 valence electrons. The SMILES string of the molecule is CCCc1cc(C(=O)N2CCSC(CC)C2)cc(Cl)n1. The Hall–Kier alpha value is -0.740. The number of thioether (sulfide) groups is 1. The van der Waals surface area contributed by atoms with Crippen LogP contribution in [0.1, 0.15) is 42.7 Å². The fraction of sp³-hybridized carbons (Fsp3) is 0.600. The van der Waals surface area contributed by atoms with E-state index in [9.17, 15) is 4.79 Å². The molecule has 0 bridgehead atoms. The van der Waals surface area contributed by atoms with Gasteiger partial charge in [0, 0.05) is 35.3 Å². The Morgan fingerprint density at radius 3 is 3.00 bits per heavy atom. The van der Waals surface area contributed by atoms with Crippen molar-refractivity contribution in [2.24, 2.45) is 0 Å². The molecule has 0 aromatic carbocycles. The summed E-state index contributed by atoms with van der Waals surface area (Å²) in [6.45, 7) is 5.93. The van der Waals surface area contributed by atoms with Crippen molar-refractivity contribution in [3.05, 3.63) is 28.5 Å². The molecule has 20 heavy (non-hydrogen) atoms. The highest BCUT2D eigenvalue weighted by molar-refractivity contribution is 8.00. The fourth-order valence-electron chi connectivity index (χ4n) is 2.39. The van der Waals surface area contributed by atoms with Crippen LogP contribution in [-0.4, -0.2) is 39.9 Å². The van der Waals surface area contributed by atoms with Gasteiger partial charge in [-0.15, -0.1) is 0 Å². The third-order valence-electron chi connectivity index (χ3n) is 3.48. The van der Waals surface area contributed by atoms with E-state index in [2.05, 4.69) is 18.8 Å². The Labute approximate surface area is 130 Å². The standard InChI is InChI=1S/C15H21ClN2OS/c1-3-5-12-8-11(9-14(16)17-12)15(19)18-6-7-20-13(4-2)10-18/h8-9,13H,3-7,10H2,1-2H3. The van der Waals surface area contributed by atoms with Crippen LogP contribution in [0.5, 0.6) is 0 Å². The number of aryl methyl sites for hydroxylation is 1. The second kappa shape index (κ2) is 7.32. The molecule has 0 saturated carbocycles. The van der Waals surface area contributed by atoms with Crippen LogP contribution in [0.4, 0.5) is 0 Å². The van der Waals surface area contributed by atoms with E-state index in [0.29, 0.717) is 16.0 Å². The number of halogens is 1. The number of hydrogen-bond acceptors (Lipinski definition) is 3. The maximum atomic E-state index is 12.6. The van der Waals surface area contributed by atoms with E-state index in [1.165, 1.54) is 0 Å². The lowest BCUT2D eigenvalue weighted by Crippen LogP contribution is -2.41. The van der Waals surface area contributed by atoms with Crippen molar-refractivity contribution in [1.82, 2.24) is 9.88 Å². The number of aromatic nitrogens is 1. The average molecular weight is 313 g/mol. The Morgan fingerprint density at radius 2 is 2.30 bits per heavy atom. The van der Waals surface area contributed by atoms with Crippen LogP contribution in [-0.2, 0) is 6.42 Å². The van der Waals surface area contributed by atoms with Crippen LogP contribution in [0.2, 0.25) is 5.15 Å². The summed E-state index contributed by atoms with van der Waals surface area (Å²) in [6, 6.07) is 3.58. The lowest BCUT2D eigenvalue weighted by atomic mass is 10.1. The first kappa shape index (κ1) is 15.6. The van der Waals surface area contributed by atoms with Crippen LogP contribution in [0.3, 0.4) is 0 Å². The maximum Gasteiger partial charge on any atom is 0.254 e. The second-order valence-corrected chi connectivity index (χ2v) is 6.87. The summed E-state index contributed by atoms with van der Waals surface area (Å²) in [5.41, 5.74) is 1.58. The second-order valence-electron chi connectivity index (χ2n) is 5.07. The van der Waals surface area contributed by atoms with E-state index in [1.54, 1.807) is 6.07 Å². The molecule has 2 rings (SSSR count). The lowest BCUT2D eigenvalue weighted by molar-refractivity contribution is 0.0760. The van der Waals surface area contributed by atoms with Crippen LogP contribution >= 0.6 is 23.4 Å². The summed E-state index contributed by atoms with van der Waals surface area (Å²) in [5.74, 6) is 1.11. The first-order valence-electron chi connectivity index (χ1n) is 7.21. The Kier molecular flexibility index (Phi) is 5.73. The van der Waals surface area contributed by atoms with Crippen LogP contribution in [0.15, 0.2) is 12.1 Å². The van der Waals surface area contributed by atoms with E-state index in [4.69, 9.17) is 11.6 Å². The van der Waals surface area contributed by atoms with Gasteiger partial charge in [0.1, 0.15) is 5.15 Å². The number of amides is 1. The molecule has 1 saturated heterocycles. The monoisotopic (exact) mass is 312 g/mol. The first-order chi connectivity index (χ1) is 9.63. The van der Waals surface area contributed by atoms with E-state index in [-0.39, 0.29) is 5.91 Å². The van der Waals surface area contributed by atoms with Crippen LogP contribution in [0, 0.1) is 0 Å².